The number of benzene rings is 1. The van der Waals surface area contributed by atoms with Crippen LogP contribution < -0.4 is 15.4 Å². The van der Waals surface area contributed by atoms with Crippen LogP contribution in [0.25, 0.3) is 0 Å². The SMILES string of the molecule is CNCC(=O)NC1CCN(CCOc2ccc(Cl)cc2)CC1.Cl. The summed E-state index contributed by atoms with van der Waals surface area (Å²) in [6.45, 7) is 3.94. The molecular formula is C16H25Cl2N3O2. The summed E-state index contributed by atoms with van der Waals surface area (Å²) in [6.07, 6.45) is 1.99. The predicted molar refractivity (Wildman–Crippen MR) is 95.7 cm³/mol. The lowest BCUT2D eigenvalue weighted by atomic mass is 10.1. The molecule has 1 fully saturated rings. The van der Waals surface area contributed by atoms with Crippen LogP contribution in [0.5, 0.6) is 5.75 Å². The number of likely N-dealkylation sites (N-methyl/N-ethyl adjacent to an activating group) is 1. The van der Waals surface area contributed by atoms with Crippen molar-refractivity contribution < 1.29 is 9.53 Å². The van der Waals surface area contributed by atoms with Gasteiger partial charge in [-0.1, -0.05) is 11.6 Å². The van der Waals surface area contributed by atoms with Crippen LogP contribution in [0, 0.1) is 0 Å². The van der Waals surface area contributed by atoms with Gasteiger partial charge in [0.05, 0.1) is 6.54 Å². The molecule has 1 aromatic rings. The Labute approximate surface area is 149 Å². The lowest BCUT2D eigenvalue weighted by Gasteiger charge is -2.32. The van der Waals surface area contributed by atoms with Gasteiger partial charge in [-0.15, -0.1) is 12.4 Å². The number of rotatable bonds is 7. The van der Waals surface area contributed by atoms with Crippen LogP contribution in [-0.2, 0) is 4.79 Å². The molecule has 1 aliphatic heterocycles. The van der Waals surface area contributed by atoms with E-state index in [1.807, 2.05) is 24.3 Å². The second-order valence-corrected chi connectivity index (χ2v) is 5.95. The summed E-state index contributed by atoms with van der Waals surface area (Å²) in [6, 6.07) is 7.72. The Hall–Kier alpha value is -1.01. The minimum Gasteiger partial charge on any atom is -0.492 e. The average molecular weight is 362 g/mol. The molecule has 0 spiro atoms. The number of halogens is 2. The van der Waals surface area contributed by atoms with Crippen LogP contribution in [0.4, 0.5) is 0 Å². The van der Waals surface area contributed by atoms with Crippen LogP contribution >= 0.6 is 24.0 Å². The number of hydrogen-bond donors (Lipinski definition) is 2. The van der Waals surface area contributed by atoms with E-state index in [1.165, 1.54) is 0 Å². The standard InChI is InChI=1S/C16H24ClN3O2.ClH/c1-18-12-16(21)19-14-6-8-20(9-7-14)10-11-22-15-4-2-13(17)3-5-15;/h2-5,14,18H,6-12H2,1H3,(H,19,21);1H. The Morgan fingerprint density at radius 1 is 1.30 bits per heavy atom. The van der Waals surface area contributed by atoms with E-state index < -0.39 is 0 Å². The zero-order valence-corrected chi connectivity index (χ0v) is 15.0. The number of nitrogens with zero attached hydrogens (tertiary/aromatic N) is 1. The van der Waals surface area contributed by atoms with Crippen molar-refractivity contribution in [1.82, 2.24) is 15.5 Å². The highest BCUT2D eigenvalue weighted by atomic mass is 35.5. The van der Waals surface area contributed by atoms with Crippen molar-refractivity contribution in [2.75, 3.05) is 39.8 Å². The van der Waals surface area contributed by atoms with Gasteiger partial charge in [0, 0.05) is 30.7 Å². The summed E-state index contributed by atoms with van der Waals surface area (Å²) < 4.78 is 5.71. The van der Waals surface area contributed by atoms with E-state index in [4.69, 9.17) is 16.3 Å². The van der Waals surface area contributed by atoms with E-state index in [-0.39, 0.29) is 18.3 Å². The minimum absolute atomic E-state index is 0. The lowest BCUT2D eigenvalue weighted by molar-refractivity contribution is -0.121. The quantitative estimate of drug-likeness (QED) is 0.779. The fraction of sp³-hybridized carbons (Fsp3) is 0.562. The Bertz CT molecular complexity index is 463. The molecule has 0 aliphatic carbocycles. The summed E-state index contributed by atoms with van der Waals surface area (Å²) in [5.74, 6) is 0.922. The van der Waals surface area contributed by atoms with Gasteiger partial charge in [-0.25, -0.2) is 0 Å². The van der Waals surface area contributed by atoms with E-state index in [0.29, 0.717) is 19.2 Å². The Morgan fingerprint density at radius 3 is 2.57 bits per heavy atom. The maximum absolute atomic E-state index is 11.5. The Balaban J connectivity index is 0.00000264. The van der Waals surface area contributed by atoms with Crippen LogP contribution in [-0.4, -0.2) is 56.7 Å². The average Bonchev–Trinajstić information content (AvgIpc) is 2.51. The second kappa shape index (κ2) is 10.7. The van der Waals surface area contributed by atoms with Gasteiger partial charge in [0.1, 0.15) is 12.4 Å². The van der Waals surface area contributed by atoms with Gasteiger partial charge in [-0.2, -0.15) is 0 Å². The molecule has 0 unspecified atom stereocenters. The number of amides is 1. The number of hydrogen-bond acceptors (Lipinski definition) is 4. The molecule has 2 rings (SSSR count). The first-order valence-electron chi connectivity index (χ1n) is 7.72. The van der Waals surface area contributed by atoms with Gasteiger partial charge in [-0.3, -0.25) is 9.69 Å². The number of nitrogens with one attached hydrogen (secondary N) is 2. The molecule has 1 heterocycles. The van der Waals surface area contributed by atoms with Gasteiger partial charge in [0.15, 0.2) is 0 Å². The molecule has 0 bridgehead atoms. The van der Waals surface area contributed by atoms with E-state index in [0.717, 1.165) is 43.2 Å². The lowest BCUT2D eigenvalue weighted by Crippen LogP contribution is -2.47. The highest BCUT2D eigenvalue weighted by Crippen LogP contribution is 2.16. The van der Waals surface area contributed by atoms with Crippen molar-refractivity contribution >= 4 is 29.9 Å². The minimum atomic E-state index is 0. The normalized spacial score (nSPS) is 15.7. The Morgan fingerprint density at radius 2 is 1.96 bits per heavy atom. The van der Waals surface area contributed by atoms with Gasteiger partial charge in [0.2, 0.25) is 5.91 Å². The fourth-order valence-corrected chi connectivity index (χ4v) is 2.69. The van der Waals surface area contributed by atoms with Crippen molar-refractivity contribution in [2.24, 2.45) is 0 Å². The number of piperidine rings is 1. The number of carbonyl (C=O) groups is 1. The zero-order valence-electron chi connectivity index (χ0n) is 13.4. The number of likely N-dealkylation sites (tertiary alicyclic amines) is 1. The highest BCUT2D eigenvalue weighted by Gasteiger charge is 2.20. The molecule has 1 aromatic carbocycles. The van der Waals surface area contributed by atoms with E-state index >= 15 is 0 Å². The molecule has 1 aliphatic rings. The molecule has 1 amide bonds. The van der Waals surface area contributed by atoms with Crippen LogP contribution in [0.2, 0.25) is 5.02 Å². The second-order valence-electron chi connectivity index (χ2n) is 5.52. The van der Waals surface area contributed by atoms with Gasteiger partial charge in [0.25, 0.3) is 0 Å². The molecule has 23 heavy (non-hydrogen) atoms. The van der Waals surface area contributed by atoms with E-state index in [1.54, 1.807) is 7.05 Å². The molecule has 0 aromatic heterocycles. The number of ether oxygens (including phenoxy) is 1. The van der Waals surface area contributed by atoms with Gasteiger partial charge < -0.3 is 15.4 Å². The largest absolute Gasteiger partial charge is 0.492 e. The molecule has 5 nitrogen and oxygen atoms in total. The maximum atomic E-state index is 11.5. The van der Waals surface area contributed by atoms with Crippen LogP contribution in [0.1, 0.15) is 12.8 Å². The summed E-state index contributed by atoms with van der Waals surface area (Å²) in [4.78, 5) is 13.9. The first-order chi connectivity index (χ1) is 10.7. The third-order valence-corrected chi connectivity index (χ3v) is 4.03. The first-order valence-corrected chi connectivity index (χ1v) is 8.10. The van der Waals surface area contributed by atoms with Crippen molar-refractivity contribution in [3.8, 4) is 5.75 Å². The summed E-state index contributed by atoms with van der Waals surface area (Å²) in [7, 11) is 1.78. The van der Waals surface area contributed by atoms with Crippen molar-refractivity contribution in [1.29, 1.82) is 0 Å². The molecule has 0 atom stereocenters. The molecule has 130 valence electrons. The number of carbonyl (C=O) groups excluding carboxylic acids is 1. The topological polar surface area (TPSA) is 53.6 Å². The van der Waals surface area contributed by atoms with Crippen LogP contribution in [0.3, 0.4) is 0 Å². The molecular weight excluding hydrogens is 337 g/mol. The fourth-order valence-electron chi connectivity index (χ4n) is 2.56. The van der Waals surface area contributed by atoms with E-state index in [2.05, 4.69) is 15.5 Å². The Kier molecular flexibility index (Phi) is 9.33. The third-order valence-electron chi connectivity index (χ3n) is 3.78. The molecule has 0 saturated carbocycles. The van der Waals surface area contributed by atoms with Crippen molar-refractivity contribution in [3.05, 3.63) is 29.3 Å². The third kappa shape index (κ3) is 7.40. The van der Waals surface area contributed by atoms with Gasteiger partial charge in [-0.05, 0) is 44.2 Å². The molecule has 1 saturated heterocycles. The molecule has 2 N–H and O–H groups in total. The monoisotopic (exact) mass is 361 g/mol. The van der Waals surface area contributed by atoms with Crippen molar-refractivity contribution in [2.45, 2.75) is 18.9 Å². The summed E-state index contributed by atoms with van der Waals surface area (Å²) >= 11 is 5.84. The summed E-state index contributed by atoms with van der Waals surface area (Å²) in [5.41, 5.74) is 0. The predicted octanol–water partition coefficient (Wildman–Crippen LogP) is 1.94. The molecule has 7 heteroatoms. The van der Waals surface area contributed by atoms with Crippen LogP contribution in [0.15, 0.2) is 24.3 Å². The highest BCUT2D eigenvalue weighted by molar-refractivity contribution is 6.30. The van der Waals surface area contributed by atoms with Crippen molar-refractivity contribution in [3.63, 3.8) is 0 Å². The maximum Gasteiger partial charge on any atom is 0.234 e. The summed E-state index contributed by atoms with van der Waals surface area (Å²) in [5, 5.41) is 6.64. The zero-order chi connectivity index (χ0) is 15.8. The van der Waals surface area contributed by atoms with E-state index in [9.17, 15) is 4.79 Å². The first kappa shape index (κ1) is 20.0. The van der Waals surface area contributed by atoms with Gasteiger partial charge >= 0.3 is 0 Å². The smallest absolute Gasteiger partial charge is 0.234 e. The molecule has 0 radical (unpaired) electrons.